The van der Waals surface area contributed by atoms with Crippen molar-refractivity contribution in [2.24, 2.45) is 0 Å². The molecule has 5 heteroatoms. The highest BCUT2D eigenvalue weighted by molar-refractivity contribution is 5.91. The van der Waals surface area contributed by atoms with E-state index in [1.807, 2.05) is 6.92 Å². The van der Waals surface area contributed by atoms with Crippen molar-refractivity contribution in [1.82, 2.24) is 4.90 Å². The molecule has 0 aliphatic heterocycles. The van der Waals surface area contributed by atoms with Crippen LogP contribution < -0.4 is 5.32 Å². The van der Waals surface area contributed by atoms with Gasteiger partial charge in [0.25, 0.3) is 0 Å². The number of aliphatic carboxylic acids is 1. The molecule has 5 nitrogen and oxygen atoms in total. The first-order valence-electron chi connectivity index (χ1n) is 6.05. The molecule has 1 aromatic carbocycles. The van der Waals surface area contributed by atoms with Crippen LogP contribution >= 0.6 is 0 Å². The van der Waals surface area contributed by atoms with Crippen molar-refractivity contribution in [1.29, 1.82) is 0 Å². The van der Waals surface area contributed by atoms with E-state index in [2.05, 4.69) is 11.9 Å². The fourth-order valence-corrected chi connectivity index (χ4v) is 1.67. The molecule has 0 heterocycles. The summed E-state index contributed by atoms with van der Waals surface area (Å²) < 4.78 is 0. The lowest BCUT2D eigenvalue weighted by atomic mass is 10.1. The van der Waals surface area contributed by atoms with Crippen LogP contribution in [0, 0.1) is 0 Å². The number of rotatable bonds is 6. The predicted molar refractivity (Wildman–Crippen MR) is 74.2 cm³/mol. The van der Waals surface area contributed by atoms with Crippen LogP contribution in [0.4, 0.5) is 10.5 Å². The molecule has 0 radical (unpaired) electrons. The molecule has 0 atom stereocenters. The summed E-state index contributed by atoms with van der Waals surface area (Å²) in [4.78, 5) is 24.3. The van der Waals surface area contributed by atoms with E-state index in [-0.39, 0.29) is 12.5 Å². The SMILES string of the molecule is C=CCN(CC)C(=O)Nc1ccccc1CC(=O)O. The summed E-state index contributed by atoms with van der Waals surface area (Å²) in [6.45, 7) is 6.47. The molecule has 102 valence electrons. The first-order chi connectivity index (χ1) is 9.08. The van der Waals surface area contributed by atoms with E-state index < -0.39 is 5.97 Å². The van der Waals surface area contributed by atoms with E-state index >= 15 is 0 Å². The number of urea groups is 1. The molecule has 2 amide bonds. The van der Waals surface area contributed by atoms with E-state index in [9.17, 15) is 9.59 Å². The van der Waals surface area contributed by atoms with Gasteiger partial charge in [-0.2, -0.15) is 0 Å². The van der Waals surface area contributed by atoms with Gasteiger partial charge in [-0.1, -0.05) is 24.3 Å². The van der Waals surface area contributed by atoms with Gasteiger partial charge in [-0.25, -0.2) is 4.79 Å². The van der Waals surface area contributed by atoms with Crippen molar-refractivity contribution in [2.75, 3.05) is 18.4 Å². The molecule has 0 bridgehead atoms. The number of carbonyl (C=O) groups excluding carboxylic acids is 1. The van der Waals surface area contributed by atoms with E-state index in [1.54, 1.807) is 35.2 Å². The Labute approximate surface area is 112 Å². The third kappa shape index (κ3) is 4.46. The summed E-state index contributed by atoms with van der Waals surface area (Å²) >= 11 is 0. The predicted octanol–water partition coefficient (Wildman–Crippen LogP) is 2.35. The molecule has 0 fully saturated rings. The van der Waals surface area contributed by atoms with Gasteiger partial charge in [-0.3, -0.25) is 4.79 Å². The molecule has 0 aliphatic rings. The Kier molecular flexibility index (Phi) is 5.60. The van der Waals surface area contributed by atoms with Crippen molar-refractivity contribution in [3.05, 3.63) is 42.5 Å². The van der Waals surface area contributed by atoms with E-state index in [4.69, 9.17) is 5.11 Å². The lowest BCUT2D eigenvalue weighted by Gasteiger charge is -2.20. The van der Waals surface area contributed by atoms with Crippen LogP contribution in [-0.2, 0) is 11.2 Å². The minimum atomic E-state index is -0.930. The van der Waals surface area contributed by atoms with Crippen LogP contribution in [0.1, 0.15) is 12.5 Å². The minimum absolute atomic E-state index is 0.121. The summed E-state index contributed by atoms with van der Waals surface area (Å²) in [5.74, 6) is -0.930. The summed E-state index contributed by atoms with van der Waals surface area (Å²) in [6.07, 6.45) is 1.52. The van der Waals surface area contributed by atoms with Gasteiger partial charge in [-0.05, 0) is 18.6 Å². The Morgan fingerprint density at radius 2 is 2.11 bits per heavy atom. The number of nitrogens with one attached hydrogen (secondary N) is 1. The third-order valence-corrected chi connectivity index (χ3v) is 2.62. The average Bonchev–Trinajstić information content (AvgIpc) is 2.37. The van der Waals surface area contributed by atoms with Crippen LogP contribution in [-0.4, -0.2) is 35.1 Å². The second kappa shape index (κ2) is 7.20. The molecule has 0 aromatic heterocycles. The zero-order chi connectivity index (χ0) is 14.3. The lowest BCUT2D eigenvalue weighted by Crippen LogP contribution is -2.35. The van der Waals surface area contributed by atoms with E-state index in [0.717, 1.165) is 0 Å². The fraction of sp³-hybridized carbons (Fsp3) is 0.286. The van der Waals surface area contributed by atoms with Gasteiger partial charge in [0, 0.05) is 18.8 Å². The maximum atomic E-state index is 12.0. The average molecular weight is 262 g/mol. The maximum Gasteiger partial charge on any atom is 0.322 e. The van der Waals surface area contributed by atoms with Crippen molar-refractivity contribution in [3.8, 4) is 0 Å². The quantitative estimate of drug-likeness (QED) is 0.773. The highest BCUT2D eigenvalue weighted by Crippen LogP contribution is 2.16. The normalized spacial score (nSPS) is 9.74. The second-order valence-corrected chi connectivity index (χ2v) is 3.99. The number of amides is 2. The number of para-hydroxylation sites is 1. The Hall–Kier alpha value is -2.30. The highest BCUT2D eigenvalue weighted by Gasteiger charge is 2.13. The molecule has 0 aliphatic carbocycles. The third-order valence-electron chi connectivity index (χ3n) is 2.62. The summed E-state index contributed by atoms with van der Waals surface area (Å²) in [5, 5.41) is 11.6. The largest absolute Gasteiger partial charge is 0.481 e. The highest BCUT2D eigenvalue weighted by atomic mass is 16.4. The van der Waals surface area contributed by atoms with Crippen LogP contribution in [0.25, 0.3) is 0 Å². The summed E-state index contributed by atoms with van der Waals surface area (Å²) in [5.41, 5.74) is 1.11. The van der Waals surface area contributed by atoms with Gasteiger partial charge in [-0.15, -0.1) is 6.58 Å². The number of carbonyl (C=O) groups is 2. The Bertz CT molecular complexity index is 472. The van der Waals surface area contributed by atoms with Crippen molar-refractivity contribution >= 4 is 17.7 Å². The van der Waals surface area contributed by atoms with Crippen LogP contribution in [0.3, 0.4) is 0 Å². The molecule has 1 aromatic rings. The lowest BCUT2D eigenvalue weighted by molar-refractivity contribution is -0.136. The second-order valence-electron chi connectivity index (χ2n) is 3.99. The van der Waals surface area contributed by atoms with Crippen LogP contribution in [0.2, 0.25) is 0 Å². The number of benzene rings is 1. The Balaban J connectivity index is 2.83. The number of hydrogen-bond donors (Lipinski definition) is 2. The minimum Gasteiger partial charge on any atom is -0.481 e. The molecular formula is C14H18N2O3. The molecular weight excluding hydrogens is 244 g/mol. The van der Waals surface area contributed by atoms with E-state index in [0.29, 0.717) is 24.3 Å². The first kappa shape index (κ1) is 14.8. The fourth-order valence-electron chi connectivity index (χ4n) is 1.67. The molecule has 0 saturated carbocycles. The smallest absolute Gasteiger partial charge is 0.322 e. The number of carboxylic acid groups (broad SMARTS) is 1. The first-order valence-corrected chi connectivity index (χ1v) is 6.05. The Morgan fingerprint density at radius 1 is 1.42 bits per heavy atom. The molecule has 19 heavy (non-hydrogen) atoms. The summed E-state index contributed by atoms with van der Waals surface area (Å²) in [6, 6.07) is 6.62. The van der Waals surface area contributed by atoms with Gasteiger partial charge in [0.05, 0.1) is 6.42 Å². The van der Waals surface area contributed by atoms with E-state index in [1.165, 1.54) is 0 Å². The number of likely N-dealkylation sites (N-methyl/N-ethyl adjacent to an activating group) is 1. The molecule has 0 saturated heterocycles. The number of carboxylic acids is 1. The molecule has 2 N–H and O–H groups in total. The van der Waals surface area contributed by atoms with Gasteiger partial charge in [0.1, 0.15) is 0 Å². The number of hydrogen-bond acceptors (Lipinski definition) is 2. The van der Waals surface area contributed by atoms with Crippen LogP contribution in [0.5, 0.6) is 0 Å². The molecule has 0 spiro atoms. The summed E-state index contributed by atoms with van der Waals surface area (Å²) in [7, 11) is 0. The standard InChI is InChI=1S/C14H18N2O3/c1-3-9-16(4-2)14(19)15-12-8-6-5-7-11(12)10-13(17)18/h3,5-8H,1,4,9-10H2,2H3,(H,15,19)(H,17,18). The molecule has 1 rings (SSSR count). The van der Waals surface area contributed by atoms with Gasteiger partial charge in [0.15, 0.2) is 0 Å². The topological polar surface area (TPSA) is 69.6 Å². The molecule has 0 unspecified atom stereocenters. The van der Waals surface area contributed by atoms with Crippen molar-refractivity contribution in [3.63, 3.8) is 0 Å². The van der Waals surface area contributed by atoms with Gasteiger partial charge in [0.2, 0.25) is 0 Å². The van der Waals surface area contributed by atoms with Gasteiger partial charge < -0.3 is 15.3 Å². The van der Waals surface area contributed by atoms with Crippen LogP contribution in [0.15, 0.2) is 36.9 Å². The van der Waals surface area contributed by atoms with Crippen molar-refractivity contribution in [2.45, 2.75) is 13.3 Å². The number of nitrogens with zero attached hydrogens (tertiary/aromatic N) is 1. The van der Waals surface area contributed by atoms with Gasteiger partial charge >= 0.3 is 12.0 Å². The zero-order valence-corrected chi connectivity index (χ0v) is 10.9. The maximum absolute atomic E-state index is 12.0. The Morgan fingerprint density at radius 3 is 2.68 bits per heavy atom. The monoisotopic (exact) mass is 262 g/mol. The number of anilines is 1. The zero-order valence-electron chi connectivity index (χ0n) is 10.9. The van der Waals surface area contributed by atoms with Crippen molar-refractivity contribution < 1.29 is 14.7 Å².